The van der Waals surface area contributed by atoms with Crippen molar-refractivity contribution in [3.8, 4) is 0 Å². The van der Waals surface area contributed by atoms with Crippen LogP contribution in [0, 0.1) is 4.91 Å². The van der Waals surface area contributed by atoms with Gasteiger partial charge in [-0.2, -0.15) is 0 Å². The summed E-state index contributed by atoms with van der Waals surface area (Å²) in [5.41, 5.74) is 0. The molecule has 0 rings (SSSR count). The summed E-state index contributed by atoms with van der Waals surface area (Å²) < 4.78 is 16.0. The monoisotopic (exact) mass is 289 g/mol. The Morgan fingerprint density at radius 2 is 1.35 bits per heavy atom. The summed E-state index contributed by atoms with van der Waals surface area (Å²) in [4.78, 5) is 20.4. The first kappa shape index (κ1) is 19.1. The molecule has 0 fully saturated rings. The molecule has 6 heteroatoms. The van der Waals surface area contributed by atoms with E-state index >= 15 is 0 Å². The maximum absolute atomic E-state index is 10.6. The molecule has 0 aliphatic carbocycles. The molecule has 0 N–H and O–H groups in total. The van der Waals surface area contributed by atoms with Crippen LogP contribution in [-0.2, 0) is 19.0 Å². The van der Waals surface area contributed by atoms with Gasteiger partial charge >= 0.3 is 0 Å². The largest absolute Gasteiger partial charge is 0.379 e. The zero-order valence-electron chi connectivity index (χ0n) is 12.5. The van der Waals surface area contributed by atoms with Crippen molar-refractivity contribution in [1.82, 2.24) is 0 Å². The molecule has 0 saturated heterocycles. The Bertz CT molecular complexity index is 236. The summed E-state index contributed by atoms with van der Waals surface area (Å²) >= 11 is 0. The summed E-state index contributed by atoms with van der Waals surface area (Å²) in [6.07, 6.45) is 5.52. The van der Waals surface area contributed by atoms with Gasteiger partial charge < -0.3 is 14.2 Å². The van der Waals surface area contributed by atoms with Crippen LogP contribution in [0.2, 0.25) is 0 Å². The Hall–Kier alpha value is -0.850. The van der Waals surface area contributed by atoms with Crippen LogP contribution >= 0.6 is 0 Å². The number of hydrogen-bond donors (Lipinski definition) is 0. The average Bonchev–Trinajstić information content (AvgIpc) is 2.47. The molecule has 0 radical (unpaired) electrons. The van der Waals surface area contributed by atoms with Crippen LogP contribution in [0.1, 0.15) is 45.4 Å². The first-order valence-corrected chi connectivity index (χ1v) is 7.40. The third-order valence-electron chi connectivity index (χ3n) is 2.67. The predicted octanol–water partition coefficient (Wildman–Crippen LogP) is 2.69. The normalized spacial score (nSPS) is 10.7. The van der Waals surface area contributed by atoms with Gasteiger partial charge in [-0.25, -0.2) is 0 Å². The lowest BCUT2D eigenvalue weighted by atomic mass is 10.2. The van der Waals surface area contributed by atoms with E-state index in [-0.39, 0.29) is 6.42 Å². The summed E-state index contributed by atoms with van der Waals surface area (Å²) in [6, 6.07) is 0. The lowest BCUT2D eigenvalue weighted by Crippen LogP contribution is -2.10. The van der Waals surface area contributed by atoms with E-state index in [1.54, 1.807) is 0 Å². The van der Waals surface area contributed by atoms with Gasteiger partial charge in [-0.1, -0.05) is 26.2 Å². The molecule has 0 aromatic carbocycles. The quantitative estimate of drug-likeness (QED) is 0.342. The highest BCUT2D eigenvalue weighted by atomic mass is 16.5. The molecular formula is C14H27NO5. The van der Waals surface area contributed by atoms with E-state index in [0.29, 0.717) is 39.5 Å². The summed E-state index contributed by atoms with van der Waals surface area (Å²) in [6.45, 7) is 5.62. The molecule has 0 unspecified atom stereocenters. The molecule has 1 amide bonds. The smallest absolute Gasteiger partial charge is 0.286 e. The second-order valence-electron chi connectivity index (χ2n) is 4.49. The first-order chi connectivity index (χ1) is 9.81. The molecule has 0 spiro atoms. The van der Waals surface area contributed by atoms with Gasteiger partial charge in [0.05, 0.1) is 26.4 Å². The fourth-order valence-corrected chi connectivity index (χ4v) is 1.54. The van der Waals surface area contributed by atoms with Crippen molar-refractivity contribution in [3.05, 3.63) is 4.91 Å². The first-order valence-electron chi connectivity index (χ1n) is 7.40. The highest BCUT2D eigenvalue weighted by Crippen LogP contribution is 1.98. The molecule has 0 aliphatic heterocycles. The van der Waals surface area contributed by atoms with Gasteiger partial charge in [0.1, 0.15) is 0 Å². The number of nitrogens with zero attached hydrogens (tertiary/aromatic N) is 1. The lowest BCUT2D eigenvalue weighted by molar-refractivity contribution is -0.118. The Labute approximate surface area is 121 Å². The molecule has 0 aliphatic rings. The van der Waals surface area contributed by atoms with Gasteiger partial charge in [0.15, 0.2) is 0 Å². The van der Waals surface area contributed by atoms with Crippen molar-refractivity contribution in [2.45, 2.75) is 45.4 Å². The van der Waals surface area contributed by atoms with Crippen LogP contribution < -0.4 is 0 Å². The molecule has 0 heterocycles. The maximum Gasteiger partial charge on any atom is 0.286 e. The number of hydrogen-bond acceptors (Lipinski definition) is 5. The van der Waals surface area contributed by atoms with Crippen molar-refractivity contribution in [2.24, 2.45) is 5.18 Å². The summed E-state index contributed by atoms with van der Waals surface area (Å²) in [5, 5.41) is 2.30. The Morgan fingerprint density at radius 1 is 0.800 bits per heavy atom. The van der Waals surface area contributed by atoms with Gasteiger partial charge in [-0.3, -0.25) is 4.79 Å². The number of nitroso groups, excluding NO2 is 1. The molecule has 20 heavy (non-hydrogen) atoms. The molecule has 0 aromatic heterocycles. The predicted molar refractivity (Wildman–Crippen MR) is 76.6 cm³/mol. The molecule has 6 nitrogen and oxygen atoms in total. The average molecular weight is 289 g/mol. The highest BCUT2D eigenvalue weighted by Gasteiger charge is 1.99. The molecule has 0 saturated carbocycles. The number of ether oxygens (including phenoxy) is 3. The minimum absolute atomic E-state index is 0.149. The van der Waals surface area contributed by atoms with E-state index in [9.17, 15) is 9.70 Å². The zero-order chi connectivity index (χ0) is 14.9. The minimum Gasteiger partial charge on any atom is -0.379 e. The molecule has 118 valence electrons. The fraction of sp³-hybridized carbons (Fsp3) is 0.929. The standard InChI is InChI=1S/C14H27NO5/c1-2-3-4-5-8-18-10-12-20-13-11-19-9-6-7-14(16)15-17/h2-13H2,1H3. The third kappa shape index (κ3) is 15.2. The van der Waals surface area contributed by atoms with Gasteiger partial charge in [-0.05, 0) is 12.8 Å². The van der Waals surface area contributed by atoms with Gasteiger partial charge in [0.25, 0.3) is 5.91 Å². The molecular weight excluding hydrogens is 262 g/mol. The molecule has 0 aromatic rings. The maximum atomic E-state index is 10.6. The van der Waals surface area contributed by atoms with Crippen molar-refractivity contribution >= 4 is 5.91 Å². The second-order valence-corrected chi connectivity index (χ2v) is 4.49. The summed E-state index contributed by atoms with van der Waals surface area (Å²) in [7, 11) is 0. The van der Waals surface area contributed by atoms with E-state index in [2.05, 4.69) is 12.1 Å². The van der Waals surface area contributed by atoms with Crippen molar-refractivity contribution < 1.29 is 19.0 Å². The second kappa shape index (κ2) is 16.2. The van der Waals surface area contributed by atoms with Crippen LogP contribution in [0.5, 0.6) is 0 Å². The van der Waals surface area contributed by atoms with E-state index in [1.165, 1.54) is 19.3 Å². The van der Waals surface area contributed by atoms with Crippen molar-refractivity contribution in [1.29, 1.82) is 0 Å². The van der Waals surface area contributed by atoms with Gasteiger partial charge in [0, 0.05) is 24.8 Å². The van der Waals surface area contributed by atoms with E-state index in [0.717, 1.165) is 13.0 Å². The highest BCUT2D eigenvalue weighted by molar-refractivity contribution is 5.76. The third-order valence-corrected chi connectivity index (χ3v) is 2.67. The number of carbonyl (C=O) groups is 1. The lowest BCUT2D eigenvalue weighted by Gasteiger charge is -2.06. The van der Waals surface area contributed by atoms with Crippen LogP contribution in [0.3, 0.4) is 0 Å². The molecule has 0 atom stereocenters. The SMILES string of the molecule is CCCCCCOCCOCCOCCCC(=O)N=O. The van der Waals surface area contributed by atoms with Crippen molar-refractivity contribution in [2.75, 3.05) is 39.6 Å². The van der Waals surface area contributed by atoms with Crippen LogP contribution in [0.15, 0.2) is 5.18 Å². The number of rotatable bonds is 15. The Morgan fingerprint density at radius 3 is 1.90 bits per heavy atom. The van der Waals surface area contributed by atoms with Crippen molar-refractivity contribution in [3.63, 3.8) is 0 Å². The van der Waals surface area contributed by atoms with E-state index in [4.69, 9.17) is 14.2 Å². The Balaban J connectivity index is 2.99. The van der Waals surface area contributed by atoms with Gasteiger partial charge in [-0.15, -0.1) is 4.91 Å². The molecule has 0 bridgehead atoms. The van der Waals surface area contributed by atoms with E-state index < -0.39 is 5.91 Å². The van der Waals surface area contributed by atoms with Crippen LogP contribution in [-0.4, -0.2) is 45.5 Å². The van der Waals surface area contributed by atoms with Crippen LogP contribution in [0.25, 0.3) is 0 Å². The van der Waals surface area contributed by atoms with Crippen LogP contribution in [0.4, 0.5) is 0 Å². The minimum atomic E-state index is -0.624. The Kier molecular flexibility index (Phi) is 15.5. The van der Waals surface area contributed by atoms with Gasteiger partial charge in [0.2, 0.25) is 0 Å². The topological polar surface area (TPSA) is 74.2 Å². The fourth-order valence-electron chi connectivity index (χ4n) is 1.54. The summed E-state index contributed by atoms with van der Waals surface area (Å²) in [5.74, 6) is -0.624. The number of carbonyl (C=O) groups excluding carboxylic acids is 1. The van der Waals surface area contributed by atoms with E-state index in [1.807, 2.05) is 0 Å². The number of amides is 1. The number of unbranched alkanes of at least 4 members (excludes halogenated alkanes) is 3. The zero-order valence-corrected chi connectivity index (χ0v) is 12.5.